The van der Waals surface area contributed by atoms with E-state index in [4.69, 9.17) is 0 Å². The molecule has 5 heterocycles. The number of anilines is 1. The van der Waals surface area contributed by atoms with Crippen molar-refractivity contribution in [2.45, 2.75) is 25.6 Å². The van der Waals surface area contributed by atoms with Crippen LogP contribution in [0.5, 0.6) is 0 Å². The van der Waals surface area contributed by atoms with Gasteiger partial charge in [0.05, 0.1) is 17.9 Å². The number of halogens is 3. The lowest BCUT2D eigenvalue weighted by molar-refractivity contribution is 0.240. The molecule has 160 valence electrons. The van der Waals surface area contributed by atoms with E-state index in [1.807, 2.05) is 19.1 Å². The number of aromatic amines is 1. The van der Waals surface area contributed by atoms with Crippen LogP contribution < -0.4 is 10.6 Å². The van der Waals surface area contributed by atoms with Crippen molar-refractivity contribution in [3.63, 3.8) is 0 Å². The lowest BCUT2D eigenvalue weighted by Gasteiger charge is -2.28. The average molecular weight is 427 g/mol. The summed E-state index contributed by atoms with van der Waals surface area (Å²) in [6.07, 6.45) is 4.10. The fourth-order valence-corrected chi connectivity index (χ4v) is 3.75. The normalized spacial score (nSPS) is 19.1. The van der Waals surface area contributed by atoms with E-state index in [0.29, 0.717) is 36.7 Å². The molecule has 4 aromatic rings. The van der Waals surface area contributed by atoms with Crippen molar-refractivity contribution < 1.29 is 13.2 Å². The third-order valence-corrected chi connectivity index (χ3v) is 5.38. The molecule has 0 aliphatic carbocycles. The van der Waals surface area contributed by atoms with E-state index >= 15 is 0 Å². The van der Waals surface area contributed by atoms with E-state index in [-0.39, 0.29) is 11.5 Å². The van der Waals surface area contributed by atoms with Crippen molar-refractivity contribution in [1.29, 1.82) is 0 Å². The first-order valence-corrected chi connectivity index (χ1v) is 9.96. The summed E-state index contributed by atoms with van der Waals surface area (Å²) in [4.78, 5) is 15.9. The number of alkyl halides is 1. The number of nitrogens with one attached hydrogen (secondary N) is 3. The molecule has 1 saturated heterocycles. The molecule has 7 nitrogen and oxygen atoms in total. The minimum absolute atomic E-state index is 0.0721. The van der Waals surface area contributed by atoms with Gasteiger partial charge in [0.2, 0.25) is 0 Å². The van der Waals surface area contributed by atoms with Gasteiger partial charge in [-0.3, -0.25) is 4.40 Å². The number of imidazole rings is 2. The number of hydrogen-bond donors (Lipinski definition) is 3. The second kappa shape index (κ2) is 7.69. The Labute approximate surface area is 175 Å². The van der Waals surface area contributed by atoms with Crippen LogP contribution in [-0.4, -0.2) is 49.6 Å². The Morgan fingerprint density at radius 1 is 1.16 bits per heavy atom. The molecule has 0 spiro atoms. The van der Waals surface area contributed by atoms with Crippen LogP contribution in [-0.2, 0) is 0 Å². The molecule has 5 rings (SSSR count). The van der Waals surface area contributed by atoms with E-state index in [1.54, 1.807) is 16.8 Å². The molecule has 0 bridgehead atoms. The summed E-state index contributed by atoms with van der Waals surface area (Å²) in [5.41, 5.74) is 2.60. The van der Waals surface area contributed by atoms with Crippen LogP contribution in [0.1, 0.15) is 12.1 Å². The highest BCUT2D eigenvalue weighted by Gasteiger charge is 2.26. The number of aryl methyl sites for hydroxylation is 1. The van der Waals surface area contributed by atoms with Gasteiger partial charge in [0.15, 0.2) is 17.5 Å². The van der Waals surface area contributed by atoms with Crippen molar-refractivity contribution >= 4 is 11.5 Å². The molecule has 0 saturated carbocycles. The summed E-state index contributed by atoms with van der Waals surface area (Å²) in [6.45, 7) is 2.80. The number of hydrogen-bond acceptors (Lipinski definition) is 5. The Bertz CT molecular complexity index is 1250. The van der Waals surface area contributed by atoms with Gasteiger partial charge in [-0.15, -0.1) is 0 Å². The Morgan fingerprint density at radius 3 is 2.81 bits per heavy atom. The van der Waals surface area contributed by atoms with Crippen LogP contribution >= 0.6 is 0 Å². The minimum atomic E-state index is -1.14. The van der Waals surface area contributed by atoms with Gasteiger partial charge < -0.3 is 15.6 Å². The first-order chi connectivity index (χ1) is 15.0. The molecular formula is C21H20F3N7. The van der Waals surface area contributed by atoms with Crippen LogP contribution in [0.4, 0.5) is 19.0 Å². The maximum Gasteiger partial charge on any atom is 0.168 e. The quantitative estimate of drug-likeness (QED) is 0.465. The van der Waals surface area contributed by atoms with Gasteiger partial charge in [-0.2, -0.15) is 0 Å². The first-order valence-electron chi connectivity index (χ1n) is 9.96. The Balaban J connectivity index is 1.52. The van der Waals surface area contributed by atoms with E-state index < -0.39 is 23.8 Å². The van der Waals surface area contributed by atoms with E-state index in [1.165, 1.54) is 6.20 Å². The number of nitrogens with zero attached hydrogens (tertiary/aromatic N) is 4. The summed E-state index contributed by atoms with van der Waals surface area (Å²) >= 11 is 0. The molecule has 3 N–H and O–H groups in total. The zero-order chi connectivity index (χ0) is 21.5. The molecule has 0 amide bonds. The van der Waals surface area contributed by atoms with Gasteiger partial charge in [-0.05, 0) is 32.0 Å². The van der Waals surface area contributed by atoms with Gasteiger partial charge >= 0.3 is 0 Å². The van der Waals surface area contributed by atoms with Gasteiger partial charge in [0.25, 0.3) is 0 Å². The topological polar surface area (TPSA) is 82.9 Å². The summed E-state index contributed by atoms with van der Waals surface area (Å²) in [6, 6.07) is 3.74. The fraction of sp³-hybridized carbons (Fsp3) is 0.286. The SMILES string of the molecule is Cc1cnc(-c2ccn3c(-c4nc(N[C@@H]5CNCC[C@H]5F)c(F)cc4F)cnc3c2)[nH]1. The second-order valence-corrected chi connectivity index (χ2v) is 7.61. The highest BCUT2D eigenvalue weighted by molar-refractivity contribution is 5.67. The lowest BCUT2D eigenvalue weighted by Crippen LogP contribution is -2.46. The van der Waals surface area contributed by atoms with Crippen LogP contribution in [0.15, 0.2) is 36.8 Å². The standard InChI is InChI=1S/C21H20F3N7/c1-11-8-27-20(28-11)12-3-5-31-17(10-26-18(31)6-12)19-14(23)7-15(24)21(30-19)29-16-9-25-4-2-13(16)22/h3,5-8,10,13,16,25H,2,4,9H2,1H3,(H,27,28)(H,29,30)/t13-,16-/m1/s1. The highest BCUT2D eigenvalue weighted by Crippen LogP contribution is 2.28. The van der Waals surface area contributed by atoms with E-state index in [9.17, 15) is 13.2 Å². The summed E-state index contributed by atoms with van der Waals surface area (Å²) in [5.74, 6) is -1.19. The number of fused-ring (bicyclic) bond motifs is 1. The molecule has 0 aromatic carbocycles. The number of H-pyrrole nitrogens is 1. The minimum Gasteiger partial charge on any atom is -0.361 e. The largest absolute Gasteiger partial charge is 0.361 e. The lowest BCUT2D eigenvalue weighted by atomic mass is 10.1. The van der Waals surface area contributed by atoms with Crippen molar-refractivity contribution in [1.82, 2.24) is 29.7 Å². The molecule has 4 aromatic heterocycles. The van der Waals surface area contributed by atoms with E-state index in [2.05, 4.69) is 30.6 Å². The smallest absolute Gasteiger partial charge is 0.168 e. The molecule has 31 heavy (non-hydrogen) atoms. The molecule has 0 unspecified atom stereocenters. The Morgan fingerprint density at radius 2 is 2.03 bits per heavy atom. The zero-order valence-electron chi connectivity index (χ0n) is 16.7. The molecule has 10 heteroatoms. The monoisotopic (exact) mass is 427 g/mol. The number of piperidine rings is 1. The molecule has 0 radical (unpaired) electrons. The molecule has 1 fully saturated rings. The highest BCUT2D eigenvalue weighted by atomic mass is 19.1. The van der Waals surface area contributed by atoms with Gasteiger partial charge in [0, 0.05) is 36.3 Å². The zero-order valence-corrected chi connectivity index (χ0v) is 16.7. The third kappa shape index (κ3) is 3.63. The predicted octanol–water partition coefficient (Wildman–Crippen LogP) is 3.48. The number of rotatable bonds is 4. The fourth-order valence-electron chi connectivity index (χ4n) is 3.75. The van der Waals surface area contributed by atoms with Crippen molar-refractivity contribution in [3.05, 3.63) is 54.1 Å². The molecule has 1 aliphatic heterocycles. The van der Waals surface area contributed by atoms with Crippen molar-refractivity contribution in [3.8, 4) is 22.8 Å². The summed E-state index contributed by atoms with van der Waals surface area (Å²) in [5, 5.41) is 5.83. The average Bonchev–Trinajstić information content (AvgIpc) is 3.37. The summed E-state index contributed by atoms with van der Waals surface area (Å²) < 4.78 is 44.8. The van der Waals surface area contributed by atoms with Crippen LogP contribution in [0.3, 0.4) is 0 Å². The van der Waals surface area contributed by atoms with Crippen LogP contribution in [0.25, 0.3) is 28.4 Å². The third-order valence-electron chi connectivity index (χ3n) is 5.38. The summed E-state index contributed by atoms with van der Waals surface area (Å²) in [7, 11) is 0. The Kier molecular flexibility index (Phi) is 4.85. The van der Waals surface area contributed by atoms with Crippen LogP contribution in [0.2, 0.25) is 0 Å². The maximum atomic E-state index is 14.7. The Hall–Kier alpha value is -3.40. The second-order valence-electron chi connectivity index (χ2n) is 7.61. The molecular weight excluding hydrogens is 407 g/mol. The molecule has 2 atom stereocenters. The number of aromatic nitrogens is 5. The predicted molar refractivity (Wildman–Crippen MR) is 110 cm³/mol. The van der Waals surface area contributed by atoms with Gasteiger partial charge in [-0.25, -0.2) is 28.1 Å². The first kappa shape index (κ1) is 19.6. The molecule has 1 aliphatic rings. The van der Waals surface area contributed by atoms with Crippen molar-refractivity contribution in [2.75, 3.05) is 18.4 Å². The number of pyridine rings is 2. The van der Waals surface area contributed by atoms with Gasteiger partial charge in [-0.1, -0.05) is 0 Å². The van der Waals surface area contributed by atoms with Gasteiger partial charge in [0.1, 0.15) is 23.3 Å². The van der Waals surface area contributed by atoms with E-state index in [0.717, 1.165) is 17.3 Å². The van der Waals surface area contributed by atoms with Crippen LogP contribution in [0, 0.1) is 18.6 Å². The maximum absolute atomic E-state index is 14.7. The van der Waals surface area contributed by atoms with Crippen molar-refractivity contribution in [2.24, 2.45) is 0 Å².